The Hall–Kier alpha value is -0.180. The molecule has 0 amide bonds. The minimum atomic E-state index is -3.27. The molecule has 0 aromatic carbocycles. The van der Waals surface area contributed by atoms with Crippen LogP contribution in [0.2, 0.25) is 0 Å². The van der Waals surface area contributed by atoms with Crippen molar-refractivity contribution in [3.63, 3.8) is 0 Å². The van der Waals surface area contributed by atoms with E-state index in [4.69, 9.17) is 0 Å². The smallest absolute Gasteiger partial charge is 0.211 e. The Bertz CT molecular complexity index is 417. The van der Waals surface area contributed by atoms with Crippen molar-refractivity contribution in [3.8, 4) is 0 Å². The zero-order chi connectivity index (χ0) is 14.2. The maximum absolute atomic E-state index is 11.5. The molecule has 110 valence electrons. The second-order valence-electron chi connectivity index (χ2n) is 4.23. The fourth-order valence-electron chi connectivity index (χ4n) is 1.44. The first-order valence-corrected chi connectivity index (χ1v) is 9.65. The van der Waals surface area contributed by atoms with Crippen molar-refractivity contribution in [3.05, 3.63) is 0 Å². The fourth-order valence-corrected chi connectivity index (χ4v) is 3.41. The summed E-state index contributed by atoms with van der Waals surface area (Å²) in [6.07, 6.45) is 3.35. The average Bonchev–Trinajstić information content (AvgIpc) is 2.21. The molecule has 0 heterocycles. The summed E-state index contributed by atoms with van der Waals surface area (Å²) in [5.74, 6) is 0.0703. The van der Waals surface area contributed by atoms with E-state index < -0.39 is 20.0 Å². The van der Waals surface area contributed by atoms with E-state index in [0.29, 0.717) is 13.0 Å². The van der Waals surface area contributed by atoms with E-state index in [1.165, 1.54) is 4.31 Å². The Balaban J connectivity index is 4.29. The normalized spacial score (nSPS) is 13.1. The summed E-state index contributed by atoms with van der Waals surface area (Å²) in [7, 11) is -6.53. The number of hydrogen-bond acceptors (Lipinski definition) is 4. The molecular formula is C10H24N2O4S2. The number of sulfonamides is 2. The summed E-state index contributed by atoms with van der Waals surface area (Å²) < 4.78 is 49.4. The van der Waals surface area contributed by atoms with Gasteiger partial charge in [-0.25, -0.2) is 25.9 Å². The minimum Gasteiger partial charge on any atom is -0.214 e. The molecule has 0 aliphatic rings. The van der Waals surface area contributed by atoms with E-state index in [0.717, 1.165) is 19.1 Å². The van der Waals surface area contributed by atoms with Gasteiger partial charge in [0, 0.05) is 19.6 Å². The van der Waals surface area contributed by atoms with Gasteiger partial charge in [-0.1, -0.05) is 20.3 Å². The van der Waals surface area contributed by atoms with Crippen LogP contribution in [0.4, 0.5) is 0 Å². The first-order chi connectivity index (χ1) is 8.23. The van der Waals surface area contributed by atoms with Crippen LogP contribution < -0.4 is 4.72 Å². The summed E-state index contributed by atoms with van der Waals surface area (Å²) in [5, 5.41) is 0. The summed E-state index contributed by atoms with van der Waals surface area (Å²) in [6.45, 7) is 4.50. The molecule has 0 atom stereocenters. The van der Waals surface area contributed by atoms with E-state index in [9.17, 15) is 16.8 Å². The maximum Gasteiger partial charge on any atom is 0.211 e. The van der Waals surface area contributed by atoms with Crippen LogP contribution in [-0.2, 0) is 20.0 Å². The summed E-state index contributed by atoms with van der Waals surface area (Å²) in [6, 6.07) is 0. The fraction of sp³-hybridized carbons (Fsp3) is 1.00. The quantitative estimate of drug-likeness (QED) is 0.632. The summed E-state index contributed by atoms with van der Waals surface area (Å²) >= 11 is 0. The largest absolute Gasteiger partial charge is 0.214 e. The van der Waals surface area contributed by atoms with Crippen LogP contribution in [0, 0.1) is 0 Å². The molecule has 6 nitrogen and oxygen atoms in total. The van der Waals surface area contributed by atoms with E-state index in [2.05, 4.69) is 4.72 Å². The number of hydrogen-bond donors (Lipinski definition) is 1. The molecule has 0 saturated heterocycles. The molecular weight excluding hydrogens is 276 g/mol. The van der Waals surface area contributed by atoms with Gasteiger partial charge in [0.15, 0.2) is 0 Å². The number of unbranched alkanes of at least 4 members (excludes halogenated alkanes) is 1. The summed E-state index contributed by atoms with van der Waals surface area (Å²) in [4.78, 5) is 0. The lowest BCUT2D eigenvalue weighted by atomic mass is 10.3. The van der Waals surface area contributed by atoms with Gasteiger partial charge in [-0.3, -0.25) is 0 Å². The van der Waals surface area contributed by atoms with Gasteiger partial charge in [-0.2, -0.15) is 0 Å². The lowest BCUT2D eigenvalue weighted by molar-refractivity contribution is 0.408. The Morgan fingerprint density at radius 2 is 1.61 bits per heavy atom. The SMILES string of the molecule is CCCCN(CCNS(=O)(=O)CCC)S(C)(=O)=O. The molecule has 18 heavy (non-hydrogen) atoms. The van der Waals surface area contributed by atoms with Crippen LogP contribution in [0.3, 0.4) is 0 Å². The van der Waals surface area contributed by atoms with Crippen molar-refractivity contribution >= 4 is 20.0 Å². The van der Waals surface area contributed by atoms with Crippen LogP contribution in [0.25, 0.3) is 0 Å². The van der Waals surface area contributed by atoms with Crippen LogP contribution in [0.15, 0.2) is 0 Å². The summed E-state index contributed by atoms with van der Waals surface area (Å²) in [5.41, 5.74) is 0. The molecule has 1 N–H and O–H groups in total. The standard InChI is InChI=1S/C10H24N2O4S2/c1-4-6-8-12(17(3,13)14)9-7-11-18(15,16)10-5-2/h11H,4-10H2,1-3H3. The second kappa shape index (κ2) is 8.08. The van der Waals surface area contributed by atoms with Crippen LogP contribution >= 0.6 is 0 Å². The molecule has 0 aliphatic heterocycles. The van der Waals surface area contributed by atoms with Gasteiger partial charge in [0.25, 0.3) is 0 Å². The third-order valence-corrected chi connectivity index (χ3v) is 5.28. The third kappa shape index (κ3) is 8.02. The molecule has 0 aromatic heterocycles. The molecule has 0 unspecified atom stereocenters. The van der Waals surface area contributed by atoms with Gasteiger partial charge in [0.05, 0.1) is 12.0 Å². The van der Waals surface area contributed by atoms with Gasteiger partial charge in [0.2, 0.25) is 20.0 Å². The van der Waals surface area contributed by atoms with E-state index >= 15 is 0 Å². The molecule has 0 aliphatic carbocycles. The van der Waals surface area contributed by atoms with Crippen LogP contribution in [0.5, 0.6) is 0 Å². The Labute approximate surface area is 111 Å². The van der Waals surface area contributed by atoms with Gasteiger partial charge in [-0.15, -0.1) is 0 Å². The van der Waals surface area contributed by atoms with Crippen molar-refractivity contribution in [2.75, 3.05) is 31.6 Å². The highest BCUT2D eigenvalue weighted by atomic mass is 32.2. The molecule has 0 radical (unpaired) electrons. The topological polar surface area (TPSA) is 83.6 Å². The van der Waals surface area contributed by atoms with Crippen molar-refractivity contribution in [1.82, 2.24) is 9.03 Å². The number of nitrogens with zero attached hydrogens (tertiary/aromatic N) is 1. The predicted octanol–water partition coefficient (Wildman–Crippen LogP) is 0.378. The van der Waals surface area contributed by atoms with Gasteiger partial charge in [0.1, 0.15) is 0 Å². The molecule has 0 saturated carbocycles. The van der Waals surface area contributed by atoms with Gasteiger partial charge in [-0.05, 0) is 12.8 Å². The van der Waals surface area contributed by atoms with Gasteiger partial charge < -0.3 is 0 Å². The Kier molecular flexibility index (Phi) is 8.00. The maximum atomic E-state index is 11.5. The van der Waals surface area contributed by atoms with E-state index in [-0.39, 0.29) is 18.8 Å². The van der Waals surface area contributed by atoms with Crippen molar-refractivity contribution in [1.29, 1.82) is 0 Å². The zero-order valence-corrected chi connectivity index (χ0v) is 13.0. The zero-order valence-electron chi connectivity index (χ0n) is 11.3. The van der Waals surface area contributed by atoms with Gasteiger partial charge >= 0.3 is 0 Å². The van der Waals surface area contributed by atoms with Crippen molar-refractivity contribution in [2.45, 2.75) is 33.1 Å². The first kappa shape index (κ1) is 17.8. The highest BCUT2D eigenvalue weighted by Crippen LogP contribution is 2.01. The average molecular weight is 300 g/mol. The molecule has 8 heteroatoms. The molecule has 0 bridgehead atoms. The van der Waals surface area contributed by atoms with Crippen molar-refractivity contribution < 1.29 is 16.8 Å². The van der Waals surface area contributed by atoms with E-state index in [1.807, 2.05) is 6.92 Å². The van der Waals surface area contributed by atoms with Crippen LogP contribution in [-0.4, -0.2) is 52.8 Å². The number of rotatable bonds is 10. The second-order valence-corrected chi connectivity index (χ2v) is 8.14. The molecule has 0 fully saturated rings. The monoisotopic (exact) mass is 300 g/mol. The molecule has 0 spiro atoms. The minimum absolute atomic E-state index is 0.0703. The van der Waals surface area contributed by atoms with Crippen molar-refractivity contribution in [2.24, 2.45) is 0 Å². The lowest BCUT2D eigenvalue weighted by Gasteiger charge is -2.19. The highest BCUT2D eigenvalue weighted by molar-refractivity contribution is 7.89. The highest BCUT2D eigenvalue weighted by Gasteiger charge is 2.16. The van der Waals surface area contributed by atoms with Crippen LogP contribution in [0.1, 0.15) is 33.1 Å². The Morgan fingerprint density at radius 1 is 1.00 bits per heavy atom. The predicted molar refractivity (Wildman–Crippen MR) is 73.4 cm³/mol. The first-order valence-electron chi connectivity index (χ1n) is 6.15. The lowest BCUT2D eigenvalue weighted by Crippen LogP contribution is -2.39. The molecule has 0 aromatic rings. The van der Waals surface area contributed by atoms with E-state index in [1.54, 1.807) is 6.92 Å². The number of nitrogens with one attached hydrogen (secondary N) is 1. The molecule has 0 rings (SSSR count). The third-order valence-electron chi connectivity index (χ3n) is 2.39. The Morgan fingerprint density at radius 3 is 2.06 bits per heavy atom.